The van der Waals surface area contributed by atoms with Crippen LogP contribution >= 0.6 is 15.9 Å². The molecular formula is C19H19BrN2O3. The van der Waals surface area contributed by atoms with E-state index in [9.17, 15) is 4.79 Å². The summed E-state index contributed by atoms with van der Waals surface area (Å²) in [4.78, 5) is 12.4. The second-order valence-corrected chi connectivity index (χ2v) is 6.72. The Morgan fingerprint density at radius 1 is 1.24 bits per heavy atom. The second kappa shape index (κ2) is 7.19. The van der Waals surface area contributed by atoms with Crippen molar-refractivity contribution in [1.82, 2.24) is 5.32 Å². The molecule has 2 amide bonds. The number of carbonyl (C=O) groups is 1. The molecule has 5 nitrogen and oxygen atoms in total. The van der Waals surface area contributed by atoms with E-state index in [0.29, 0.717) is 17.2 Å². The average Bonchev–Trinajstić information content (AvgIpc) is 3.01. The highest BCUT2D eigenvalue weighted by Crippen LogP contribution is 2.32. The largest absolute Gasteiger partial charge is 0.495 e. The number of fused-ring (bicyclic) bond motifs is 1. The lowest BCUT2D eigenvalue weighted by Crippen LogP contribution is -2.31. The molecule has 0 saturated heterocycles. The molecule has 0 fully saturated rings. The van der Waals surface area contributed by atoms with Gasteiger partial charge in [0, 0.05) is 9.86 Å². The third-order valence-corrected chi connectivity index (χ3v) is 4.40. The van der Waals surface area contributed by atoms with Crippen LogP contribution in [0, 0.1) is 6.92 Å². The highest BCUT2D eigenvalue weighted by Gasteiger charge is 2.16. The van der Waals surface area contributed by atoms with Gasteiger partial charge in [0.2, 0.25) is 0 Å². The van der Waals surface area contributed by atoms with Gasteiger partial charge in [0.25, 0.3) is 0 Å². The van der Waals surface area contributed by atoms with E-state index in [1.54, 1.807) is 7.11 Å². The molecule has 0 aliphatic heterocycles. The number of ether oxygens (including phenoxy) is 1. The van der Waals surface area contributed by atoms with Crippen LogP contribution in [0.4, 0.5) is 10.5 Å². The molecular weight excluding hydrogens is 384 g/mol. The van der Waals surface area contributed by atoms with Crippen molar-refractivity contribution in [2.75, 3.05) is 12.4 Å². The van der Waals surface area contributed by atoms with Gasteiger partial charge in [-0.2, -0.15) is 0 Å². The molecule has 0 aliphatic rings. The Bertz CT molecular complexity index is 887. The van der Waals surface area contributed by atoms with Crippen LogP contribution in [0.5, 0.6) is 5.75 Å². The molecule has 0 bridgehead atoms. The monoisotopic (exact) mass is 402 g/mol. The number of furan rings is 1. The van der Waals surface area contributed by atoms with E-state index in [1.807, 2.05) is 56.3 Å². The third kappa shape index (κ3) is 3.79. The SMILES string of the molecule is COc1cc(Br)cc(C)c1NC(=O)NC(C)c1cc2ccccc2o1. The molecule has 3 aromatic rings. The fourth-order valence-corrected chi connectivity index (χ4v) is 3.22. The van der Waals surface area contributed by atoms with Crippen LogP contribution in [0.3, 0.4) is 0 Å². The van der Waals surface area contributed by atoms with Gasteiger partial charge < -0.3 is 19.8 Å². The lowest BCUT2D eigenvalue weighted by molar-refractivity contribution is 0.247. The van der Waals surface area contributed by atoms with Crippen molar-refractivity contribution in [3.63, 3.8) is 0 Å². The average molecular weight is 403 g/mol. The maximum absolute atomic E-state index is 12.4. The van der Waals surface area contributed by atoms with Gasteiger partial charge in [-0.3, -0.25) is 0 Å². The minimum atomic E-state index is -0.323. The summed E-state index contributed by atoms with van der Waals surface area (Å²) in [6, 6.07) is 12.8. The highest BCUT2D eigenvalue weighted by atomic mass is 79.9. The number of halogens is 1. The summed E-state index contributed by atoms with van der Waals surface area (Å²) < 4.78 is 12.0. The normalized spacial score (nSPS) is 12.0. The summed E-state index contributed by atoms with van der Waals surface area (Å²) in [5, 5.41) is 6.75. The number of carbonyl (C=O) groups excluding carboxylic acids is 1. The van der Waals surface area contributed by atoms with Crippen molar-refractivity contribution in [3.8, 4) is 5.75 Å². The first kappa shape index (κ1) is 17.4. The van der Waals surface area contributed by atoms with Gasteiger partial charge in [-0.05, 0) is 43.7 Å². The molecule has 1 heterocycles. The van der Waals surface area contributed by atoms with Crippen LogP contribution in [0.15, 0.2) is 51.4 Å². The van der Waals surface area contributed by atoms with Gasteiger partial charge >= 0.3 is 6.03 Å². The molecule has 1 unspecified atom stereocenters. The van der Waals surface area contributed by atoms with Crippen molar-refractivity contribution in [1.29, 1.82) is 0 Å². The van der Waals surface area contributed by atoms with Crippen molar-refractivity contribution in [2.45, 2.75) is 19.9 Å². The first-order valence-corrected chi connectivity index (χ1v) is 8.67. The number of hydrogen-bond acceptors (Lipinski definition) is 3. The zero-order valence-corrected chi connectivity index (χ0v) is 15.8. The quantitative estimate of drug-likeness (QED) is 0.614. The van der Waals surface area contributed by atoms with Gasteiger partial charge in [-0.15, -0.1) is 0 Å². The Morgan fingerprint density at radius 2 is 2.00 bits per heavy atom. The molecule has 1 atom stereocenters. The van der Waals surface area contributed by atoms with E-state index in [4.69, 9.17) is 9.15 Å². The van der Waals surface area contributed by atoms with Crippen LogP contribution in [-0.4, -0.2) is 13.1 Å². The van der Waals surface area contributed by atoms with Gasteiger partial charge in [-0.25, -0.2) is 4.79 Å². The zero-order valence-electron chi connectivity index (χ0n) is 14.2. The molecule has 0 spiro atoms. The zero-order chi connectivity index (χ0) is 18.0. The fourth-order valence-electron chi connectivity index (χ4n) is 2.67. The summed E-state index contributed by atoms with van der Waals surface area (Å²) in [5.41, 5.74) is 2.34. The maximum atomic E-state index is 12.4. The van der Waals surface area contributed by atoms with Crippen molar-refractivity contribution >= 4 is 38.6 Å². The van der Waals surface area contributed by atoms with Crippen LogP contribution in [0.1, 0.15) is 24.3 Å². The number of nitrogens with one attached hydrogen (secondary N) is 2. The maximum Gasteiger partial charge on any atom is 0.319 e. The summed E-state index contributed by atoms with van der Waals surface area (Å²) in [7, 11) is 1.57. The Hall–Kier alpha value is -2.47. The number of benzene rings is 2. The number of amides is 2. The van der Waals surface area contributed by atoms with Crippen LogP contribution in [-0.2, 0) is 0 Å². The Morgan fingerprint density at radius 3 is 2.72 bits per heavy atom. The molecule has 25 heavy (non-hydrogen) atoms. The topological polar surface area (TPSA) is 63.5 Å². The predicted molar refractivity (Wildman–Crippen MR) is 102 cm³/mol. The van der Waals surface area contributed by atoms with E-state index in [1.165, 1.54) is 0 Å². The predicted octanol–water partition coefficient (Wildman–Crippen LogP) is 5.40. The Balaban J connectivity index is 1.74. The highest BCUT2D eigenvalue weighted by molar-refractivity contribution is 9.10. The van der Waals surface area contributed by atoms with E-state index in [2.05, 4.69) is 26.6 Å². The molecule has 0 saturated carbocycles. The first-order chi connectivity index (χ1) is 12.0. The standard InChI is InChI=1S/C19H19BrN2O3/c1-11-8-14(20)10-17(24-3)18(11)22-19(23)21-12(2)16-9-13-6-4-5-7-15(13)25-16/h4-10,12H,1-3H3,(H2,21,22,23). The molecule has 0 radical (unpaired) electrons. The first-order valence-electron chi connectivity index (χ1n) is 7.88. The van der Waals surface area contributed by atoms with E-state index < -0.39 is 0 Å². The van der Waals surface area contributed by atoms with Crippen molar-refractivity contribution < 1.29 is 13.9 Å². The Labute approximate surface area is 154 Å². The number of hydrogen-bond donors (Lipinski definition) is 2. The minimum absolute atomic E-state index is 0.269. The summed E-state index contributed by atoms with van der Waals surface area (Å²) in [6.07, 6.45) is 0. The number of rotatable bonds is 4. The molecule has 0 aliphatic carbocycles. The van der Waals surface area contributed by atoms with Gasteiger partial charge in [-0.1, -0.05) is 34.1 Å². The van der Waals surface area contributed by atoms with Gasteiger partial charge in [0.05, 0.1) is 18.8 Å². The molecule has 6 heteroatoms. The number of anilines is 1. The minimum Gasteiger partial charge on any atom is -0.495 e. The second-order valence-electron chi connectivity index (χ2n) is 5.81. The number of methoxy groups -OCH3 is 1. The lowest BCUT2D eigenvalue weighted by atomic mass is 10.2. The van der Waals surface area contributed by atoms with Crippen molar-refractivity contribution in [2.24, 2.45) is 0 Å². The van der Waals surface area contributed by atoms with E-state index in [0.717, 1.165) is 21.0 Å². The van der Waals surface area contributed by atoms with Crippen LogP contribution in [0.25, 0.3) is 11.0 Å². The lowest BCUT2D eigenvalue weighted by Gasteiger charge is -2.16. The summed E-state index contributed by atoms with van der Waals surface area (Å²) in [6.45, 7) is 3.79. The molecule has 2 N–H and O–H groups in total. The summed E-state index contributed by atoms with van der Waals surface area (Å²) in [5.74, 6) is 1.30. The molecule has 3 rings (SSSR count). The summed E-state index contributed by atoms with van der Waals surface area (Å²) >= 11 is 3.42. The fraction of sp³-hybridized carbons (Fsp3) is 0.211. The van der Waals surface area contributed by atoms with Gasteiger partial charge in [0.15, 0.2) is 0 Å². The molecule has 2 aromatic carbocycles. The van der Waals surface area contributed by atoms with E-state index >= 15 is 0 Å². The molecule has 1 aromatic heterocycles. The van der Waals surface area contributed by atoms with Crippen LogP contribution < -0.4 is 15.4 Å². The number of aryl methyl sites for hydroxylation is 1. The van der Waals surface area contributed by atoms with Crippen molar-refractivity contribution in [3.05, 3.63) is 58.3 Å². The number of urea groups is 1. The Kier molecular flexibility index (Phi) is 4.99. The molecule has 130 valence electrons. The van der Waals surface area contributed by atoms with Gasteiger partial charge in [0.1, 0.15) is 17.1 Å². The smallest absolute Gasteiger partial charge is 0.319 e. The third-order valence-electron chi connectivity index (χ3n) is 3.94. The van der Waals surface area contributed by atoms with Crippen LogP contribution in [0.2, 0.25) is 0 Å². The van der Waals surface area contributed by atoms with E-state index in [-0.39, 0.29) is 12.1 Å². The number of para-hydroxylation sites is 1.